The molecule has 1 aliphatic heterocycles. The van der Waals surface area contributed by atoms with Gasteiger partial charge in [0.05, 0.1) is 19.8 Å². The monoisotopic (exact) mass is 366 g/mol. The molecule has 0 radical (unpaired) electrons. The average Bonchev–Trinajstić information content (AvgIpc) is 3.14. The lowest BCUT2D eigenvalue weighted by Crippen LogP contribution is -2.52. The average molecular weight is 367 g/mol. The fourth-order valence-corrected chi connectivity index (χ4v) is 3.79. The van der Waals surface area contributed by atoms with Crippen LogP contribution in [-0.2, 0) is 10.2 Å². The van der Waals surface area contributed by atoms with E-state index in [1.807, 2.05) is 11.3 Å². The number of hydrogen-bond donors (Lipinski definition) is 2. The molecule has 0 amide bonds. The molecule has 25 heavy (non-hydrogen) atoms. The summed E-state index contributed by atoms with van der Waals surface area (Å²) >= 11 is 1.81. The van der Waals surface area contributed by atoms with Gasteiger partial charge in [0.15, 0.2) is 5.96 Å². The standard InChI is InChI=1S/C19H34N4OS/c1-6-20-17(21-14-18(2,3)16-8-7-13-25-16)22-15-19(4,5)23-9-11-24-12-10-23/h7-8,13H,6,9-12,14-15H2,1-5H3,(H2,20,21,22). The molecule has 0 bridgehead atoms. The number of guanidine groups is 1. The van der Waals surface area contributed by atoms with Crippen LogP contribution in [0.5, 0.6) is 0 Å². The summed E-state index contributed by atoms with van der Waals surface area (Å²) in [6.07, 6.45) is 0. The quantitative estimate of drug-likeness (QED) is 0.575. The van der Waals surface area contributed by atoms with Crippen LogP contribution in [0.4, 0.5) is 0 Å². The van der Waals surface area contributed by atoms with Crippen molar-refractivity contribution in [3.63, 3.8) is 0 Å². The summed E-state index contributed by atoms with van der Waals surface area (Å²) in [5, 5.41) is 9.04. The van der Waals surface area contributed by atoms with Crippen LogP contribution in [0.1, 0.15) is 39.5 Å². The maximum absolute atomic E-state index is 5.47. The summed E-state index contributed by atoms with van der Waals surface area (Å²) in [5.74, 6) is 0.897. The molecule has 2 rings (SSSR count). The second kappa shape index (κ2) is 9.01. The van der Waals surface area contributed by atoms with Crippen LogP contribution in [0.25, 0.3) is 0 Å². The molecule has 2 N–H and O–H groups in total. The molecule has 0 aliphatic carbocycles. The van der Waals surface area contributed by atoms with Crippen molar-refractivity contribution in [2.24, 2.45) is 4.99 Å². The molecule has 1 fully saturated rings. The number of aliphatic imine (C=N–C) groups is 1. The van der Waals surface area contributed by atoms with Gasteiger partial charge in [-0.05, 0) is 32.2 Å². The van der Waals surface area contributed by atoms with Gasteiger partial charge in [0.1, 0.15) is 0 Å². The third-order valence-electron chi connectivity index (χ3n) is 4.72. The van der Waals surface area contributed by atoms with E-state index >= 15 is 0 Å². The number of morpholine rings is 1. The Balaban J connectivity index is 1.95. The van der Waals surface area contributed by atoms with Crippen molar-refractivity contribution in [1.29, 1.82) is 0 Å². The lowest BCUT2D eigenvalue weighted by molar-refractivity contribution is -0.00683. The van der Waals surface area contributed by atoms with Crippen molar-refractivity contribution in [2.45, 2.75) is 45.6 Å². The van der Waals surface area contributed by atoms with Crippen LogP contribution in [-0.4, -0.2) is 62.3 Å². The van der Waals surface area contributed by atoms with E-state index in [-0.39, 0.29) is 11.0 Å². The Labute approximate surface area is 156 Å². The van der Waals surface area contributed by atoms with Gasteiger partial charge in [-0.3, -0.25) is 9.89 Å². The molecular weight excluding hydrogens is 332 g/mol. The van der Waals surface area contributed by atoms with Gasteiger partial charge in [-0.2, -0.15) is 0 Å². The van der Waals surface area contributed by atoms with Crippen molar-refractivity contribution in [3.8, 4) is 0 Å². The van der Waals surface area contributed by atoms with E-state index in [1.165, 1.54) is 4.88 Å². The Hall–Kier alpha value is -1.11. The smallest absolute Gasteiger partial charge is 0.191 e. The van der Waals surface area contributed by atoms with Crippen LogP contribution >= 0.6 is 11.3 Å². The lowest BCUT2D eigenvalue weighted by atomic mass is 9.91. The molecule has 142 valence electrons. The van der Waals surface area contributed by atoms with E-state index in [2.05, 4.69) is 67.7 Å². The number of ether oxygens (including phenoxy) is 1. The summed E-state index contributed by atoms with van der Waals surface area (Å²) in [5.41, 5.74) is 0.124. The highest BCUT2D eigenvalue weighted by molar-refractivity contribution is 7.10. The summed E-state index contributed by atoms with van der Waals surface area (Å²) in [6.45, 7) is 17.3. The Morgan fingerprint density at radius 3 is 2.56 bits per heavy atom. The van der Waals surface area contributed by atoms with Gasteiger partial charge in [0, 0.05) is 42.0 Å². The first-order chi connectivity index (χ1) is 11.8. The maximum atomic E-state index is 5.47. The zero-order valence-electron chi connectivity index (χ0n) is 16.4. The molecule has 5 nitrogen and oxygen atoms in total. The number of nitrogens with zero attached hydrogens (tertiary/aromatic N) is 2. The van der Waals surface area contributed by atoms with Crippen LogP contribution in [0.3, 0.4) is 0 Å². The van der Waals surface area contributed by atoms with Crippen molar-refractivity contribution in [1.82, 2.24) is 15.5 Å². The van der Waals surface area contributed by atoms with E-state index in [0.717, 1.165) is 51.9 Å². The molecule has 0 unspecified atom stereocenters. The molecule has 0 atom stereocenters. The summed E-state index contributed by atoms with van der Waals surface area (Å²) in [4.78, 5) is 8.72. The van der Waals surface area contributed by atoms with E-state index in [4.69, 9.17) is 9.73 Å². The predicted molar refractivity (Wildman–Crippen MR) is 108 cm³/mol. The van der Waals surface area contributed by atoms with Crippen LogP contribution < -0.4 is 10.6 Å². The Kier molecular flexibility index (Phi) is 7.28. The van der Waals surface area contributed by atoms with E-state index in [1.54, 1.807) is 0 Å². The molecule has 6 heteroatoms. The molecule has 1 aromatic heterocycles. The van der Waals surface area contributed by atoms with Gasteiger partial charge in [0.25, 0.3) is 0 Å². The van der Waals surface area contributed by atoms with Crippen LogP contribution in [0.2, 0.25) is 0 Å². The highest BCUT2D eigenvalue weighted by Gasteiger charge is 2.28. The third kappa shape index (κ3) is 5.97. The largest absolute Gasteiger partial charge is 0.379 e. The van der Waals surface area contributed by atoms with Crippen molar-refractivity contribution in [3.05, 3.63) is 22.4 Å². The van der Waals surface area contributed by atoms with Gasteiger partial charge in [-0.25, -0.2) is 0 Å². The Bertz CT molecular complexity index is 534. The first-order valence-corrected chi connectivity index (χ1v) is 10.1. The van der Waals surface area contributed by atoms with Gasteiger partial charge < -0.3 is 15.4 Å². The van der Waals surface area contributed by atoms with Gasteiger partial charge in [0.2, 0.25) is 0 Å². The number of thiophene rings is 1. The topological polar surface area (TPSA) is 48.9 Å². The van der Waals surface area contributed by atoms with E-state index in [0.29, 0.717) is 0 Å². The molecular formula is C19H34N4OS. The number of rotatable bonds is 7. The predicted octanol–water partition coefficient (Wildman–Crippen LogP) is 2.69. The first-order valence-electron chi connectivity index (χ1n) is 9.24. The fourth-order valence-electron chi connectivity index (χ4n) is 2.94. The SMILES string of the molecule is CCNC(=NCC(C)(C)N1CCOCC1)NCC(C)(C)c1cccs1. The summed E-state index contributed by atoms with van der Waals surface area (Å²) in [7, 11) is 0. The maximum Gasteiger partial charge on any atom is 0.191 e. The zero-order chi connectivity index (χ0) is 18.3. The fraction of sp³-hybridized carbons (Fsp3) is 0.737. The number of nitrogens with one attached hydrogen (secondary N) is 2. The van der Waals surface area contributed by atoms with Gasteiger partial charge in [-0.15, -0.1) is 11.3 Å². The molecule has 1 saturated heterocycles. The molecule has 1 aliphatic rings. The Morgan fingerprint density at radius 2 is 1.96 bits per heavy atom. The zero-order valence-corrected chi connectivity index (χ0v) is 17.2. The second-order valence-electron chi connectivity index (χ2n) is 7.82. The minimum absolute atomic E-state index is 0.0371. The van der Waals surface area contributed by atoms with Crippen molar-refractivity contribution in [2.75, 3.05) is 45.9 Å². The first kappa shape index (κ1) is 20.2. The lowest BCUT2D eigenvalue weighted by Gasteiger charge is -2.40. The van der Waals surface area contributed by atoms with Crippen molar-refractivity contribution >= 4 is 17.3 Å². The molecule has 1 aromatic rings. The Morgan fingerprint density at radius 1 is 1.24 bits per heavy atom. The van der Waals surface area contributed by atoms with Crippen LogP contribution in [0, 0.1) is 0 Å². The minimum atomic E-state index is 0.0371. The van der Waals surface area contributed by atoms with Crippen LogP contribution in [0.15, 0.2) is 22.5 Å². The molecule has 0 spiro atoms. The normalized spacial score (nSPS) is 17.6. The van der Waals surface area contributed by atoms with E-state index < -0.39 is 0 Å². The third-order valence-corrected chi connectivity index (χ3v) is 5.96. The summed E-state index contributed by atoms with van der Waals surface area (Å²) < 4.78 is 5.47. The highest BCUT2D eigenvalue weighted by Crippen LogP contribution is 2.26. The summed E-state index contributed by atoms with van der Waals surface area (Å²) in [6, 6.07) is 4.32. The second-order valence-corrected chi connectivity index (χ2v) is 8.77. The highest BCUT2D eigenvalue weighted by atomic mass is 32.1. The van der Waals surface area contributed by atoms with Gasteiger partial charge in [-0.1, -0.05) is 19.9 Å². The molecule has 0 aromatic carbocycles. The minimum Gasteiger partial charge on any atom is -0.379 e. The molecule has 0 saturated carbocycles. The number of hydrogen-bond acceptors (Lipinski definition) is 4. The van der Waals surface area contributed by atoms with E-state index in [9.17, 15) is 0 Å². The van der Waals surface area contributed by atoms with Gasteiger partial charge >= 0.3 is 0 Å². The van der Waals surface area contributed by atoms with Crippen molar-refractivity contribution < 1.29 is 4.74 Å². The molecule has 2 heterocycles.